The Balaban J connectivity index is 0.972. The number of aryl methyl sites for hydroxylation is 1. The maximum Gasteiger partial charge on any atom is 0.320 e. The normalized spacial score (nSPS) is 37.7. The fourth-order valence-electron chi connectivity index (χ4n) is 10.7. The number of Topliss-reactive ketones (excluding diaryl/α,β-unsaturated/α-hetero) is 1. The standard InChI is InChI=1S/C38H55ClN8O6/c1-6-35(3)19-26(49)37(5)30-25(48)7-10-38(30,23(2)31(35)52)12-11-36(37,4)53-28(51)21-44-15-17-45(18-16-44)27(50)9-14-47-22-41-29-32(42-34(39)43-33(29)47)46-13-8-24(40)20-46/h6,22-24,26,30-31,49,52H,1,7-21,40H2,2-5H3. The molecule has 7 rings (SSSR count). The maximum absolute atomic E-state index is 13.7. The van der Waals surface area contributed by atoms with E-state index >= 15 is 0 Å². The zero-order valence-corrected chi connectivity index (χ0v) is 32.2. The van der Waals surface area contributed by atoms with Crippen molar-refractivity contribution in [2.75, 3.05) is 50.7 Å². The highest BCUT2D eigenvalue weighted by atomic mass is 35.5. The maximum atomic E-state index is 13.7. The molecule has 2 aromatic heterocycles. The van der Waals surface area contributed by atoms with Crippen molar-refractivity contribution < 1.29 is 29.3 Å². The lowest BCUT2D eigenvalue weighted by Crippen LogP contribution is -2.69. The van der Waals surface area contributed by atoms with Crippen LogP contribution >= 0.6 is 11.6 Å². The highest BCUT2D eigenvalue weighted by molar-refractivity contribution is 6.28. The molecule has 0 aromatic carbocycles. The number of rotatable bonds is 8. The average molecular weight is 755 g/mol. The smallest absolute Gasteiger partial charge is 0.320 e. The molecule has 2 bridgehead atoms. The van der Waals surface area contributed by atoms with Crippen molar-refractivity contribution in [3.05, 3.63) is 24.3 Å². The summed E-state index contributed by atoms with van der Waals surface area (Å²) in [5.74, 6) is -0.427. The van der Waals surface area contributed by atoms with Crippen LogP contribution in [0.1, 0.15) is 72.6 Å². The third kappa shape index (κ3) is 6.26. The molecule has 0 radical (unpaired) electrons. The molecule has 5 fully saturated rings. The number of fused-ring (bicyclic) bond motifs is 1. The first-order valence-corrected chi connectivity index (χ1v) is 19.6. The van der Waals surface area contributed by atoms with Gasteiger partial charge in [0.05, 0.1) is 25.1 Å². The molecular weight excluding hydrogens is 700 g/mol. The van der Waals surface area contributed by atoms with Crippen LogP contribution in [0.5, 0.6) is 0 Å². The third-order valence-electron chi connectivity index (χ3n) is 14.3. The van der Waals surface area contributed by atoms with E-state index in [1.807, 2.05) is 42.1 Å². The lowest BCUT2D eigenvalue weighted by molar-refractivity contribution is -0.252. The Morgan fingerprint density at radius 1 is 1.11 bits per heavy atom. The summed E-state index contributed by atoms with van der Waals surface area (Å²) in [6.45, 7) is 15.6. The van der Waals surface area contributed by atoms with Gasteiger partial charge in [0.1, 0.15) is 11.4 Å². The van der Waals surface area contributed by atoms with Gasteiger partial charge in [-0.25, -0.2) is 4.98 Å². The Hall–Kier alpha value is -3.17. The topological polar surface area (TPSA) is 180 Å². The van der Waals surface area contributed by atoms with Gasteiger partial charge in [0.25, 0.3) is 0 Å². The Labute approximate surface area is 316 Å². The van der Waals surface area contributed by atoms with Crippen LogP contribution in [-0.4, -0.2) is 127 Å². The summed E-state index contributed by atoms with van der Waals surface area (Å²) >= 11 is 6.29. The number of nitrogens with two attached hydrogens (primary N) is 1. The summed E-state index contributed by atoms with van der Waals surface area (Å²) in [5, 5.41) is 23.7. The molecule has 5 aliphatic rings. The number of nitrogens with zero attached hydrogens (tertiary/aromatic N) is 7. The Bertz CT molecular complexity index is 1780. The minimum absolute atomic E-state index is 0.00327. The van der Waals surface area contributed by atoms with Crippen molar-refractivity contribution in [3.63, 3.8) is 0 Å². The van der Waals surface area contributed by atoms with Crippen molar-refractivity contribution in [2.24, 2.45) is 33.8 Å². The molecular formula is C38H55ClN8O6. The minimum atomic E-state index is -1.10. The zero-order valence-electron chi connectivity index (χ0n) is 31.5. The molecule has 2 aromatic rings. The number of amides is 1. The van der Waals surface area contributed by atoms with Crippen LogP contribution in [0.4, 0.5) is 5.82 Å². The predicted molar refractivity (Wildman–Crippen MR) is 199 cm³/mol. The number of piperazine rings is 1. The number of hydrogen-bond acceptors (Lipinski definition) is 12. The van der Waals surface area contributed by atoms with Gasteiger partial charge in [-0.05, 0) is 62.0 Å². The van der Waals surface area contributed by atoms with Crippen molar-refractivity contribution in [2.45, 2.75) is 103 Å². The summed E-state index contributed by atoms with van der Waals surface area (Å²) < 4.78 is 8.23. The van der Waals surface area contributed by atoms with Gasteiger partial charge in [-0.15, -0.1) is 6.58 Å². The second kappa shape index (κ2) is 13.8. The number of aliphatic hydroxyl groups excluding tert-OH is 2. The average Bonchev–Trinajstić information content (AvgIpc) is 3.85. The second-order valence-corrected chi connectivity index (χ2v) is 17.4. The van der Waals surface area contributed by atoms with Crippen molar-refractivity contribution >= 4 is 46.2 Å². The third-order valence-corrected chi connectivity index (χ3v) is 14.5. The first kappa shape index (κ1) is 38.1. The Kier molecular flexibility index (Phi) is 9.96. The first-order chi connectivity index (χ1) is 25.0. The van der Waals surface area contributed by atoms with Crippen LogP contribution in [0.25, 0.3) is 11.2 Å². The van der Waals surface area contributed by atoms with Crippen LogP contribution in [0, 0.1) is 28.1 Å². The number of imidazole rings is 1. The SMILES string of the molecule is C=CC1(C)CC(O)C2(C)C3C(=O)CCC3(CCC2(C)OC(=O)CN2CCN(C(=O)CCn3cnc4c(N5CCC(N)C5)nc(Cl)nc43)CC2)C(C)C1O. The Morgan fingerprint density at radius 2 is 1.85 bits per heavy atom. The summed E-state index contributed by atoms with van der Waals surface area (Å²) in [6, 6.07) is 0.0676. The van der Waals surface area contributed by atoms with Crippen LogP contribution in [-0.2, 0) is 25.7 Å². The molecule has 9 unspecified atom stereocenters. The molecule has 2 saturated heterocycles. The van der Waals surface area contributed by atoms with Gasteiger partial charge in [-0.2, -0.15) is 9.97 Å². The van der Waals surface area contributed by atoms with E-state index in [0.717, 1.165) is 13.0 Å². The highest BCUT2D eigenvalue weighted by Gasteiger charge is 2.72. The van der Waals surface area contributed by atoms with E-state index in [9.17, 15) is 24.6 Å². The predicted octanol–water partition coefficient (Wildman–Crippen LogP) is 2.57. The second-order valence-electron chi connectivity index (χ2n) is 17.1. The Morgan fingerprint density at radius 3 is 2.53 bits per heavy atom. The van der Waals surface area contributed by atoms with E-state index in [-0.39, 0.29) is 48.3 Å². The molecule has 4 heterocycles. The van der Waals surface area contributed by atoms with Gasteiger partial charge in [0.15, 0.2) is 17.0 Å². The lowest BCUT2D eigenvalue weighted by atomic mass is 9.42. The molecule has 290 valence electrons. The molecule has 2 aliphatic heterocycles. The zero-order chi connectivity index (χ0) is 38.1. The molecule has 0 spiro atoms. The number of halogens is 1. The number of anilines is 1. The van der Waals surface area contributed by atoms with Crippen LogP contribution in [0.3, 0.4) is 0 Å². The molecule has 15 heteroatoms. The van der Waals surface area contributed by atoms with E-state index in [0.29, 0.717) is 81.9 Å². The van der Waals surface area contributed by atoms with Crippen LogP contribution < -0.4 is 10.6 Å². The van der Waals surface area contributed by atoms with Crippen molar-refractivity contribution in [1.29, 1.82) is 0 Å². The quantitative estimate of drug-likeness (QED) is 0.204. The fraction of sp³-hybridized carbons (Fsp3) is 0.737. The van der Waals surface area contributed by atoms with Crippen LogP contribution in [0.2, 0.25) is 5.28 Å². The number of carbonyl (C=O) groups is 3. The number of aliphatic hydroxyl groups is 2. The molecule has 14 nitrogen and oxygen atoms in total. The van der Waals surface area contributed by atoms with Gasteiger partial charge in [0.2, 0.25) is 11.2 Å². The first-order valence-electron chi connectivity index (χ1n) is 19.2. The largest absolute Gasteiger partial charge is 0.458 e. The van der Waals surface area contributed by atoms with Gasteiger partial charge in [-0.1, -0.05) is 26.8 Å². The van der Waals surface area contributed by atoms with Crippen molar-refractivity contribution in [1.82, 2.24) is 29.3 Å². The van der Waals surface area contributed by atoms with Gasteiger partial charge in [0, 0.05) is 81.4 Å². The number of ether oxygens (including phenoxy) is 1. The number of carbonyl (C=O) groups excluding carboxylic acids is 3. The highest BCUT2D eigenvalue weighted by Crippen LogP contribution is 2.69. The fourth-order valence-corrected chi connectivity index (χ4v) is 10.9. The number of aromatic nitrogens is 4. The van der Waals surface area contributed by atoms with Gasteiger partial charge >= 0.3 is 5.97 Å². The van der Waals surface area contributed by atoms with E-state index in [1.54, 1.807) is 12.4 Å². The summed E-state index contributed by atoms with van der Waals surface area (Å²) in [4.78, 5) is 60.0. The van der Waals surface area contributed by atoms with Gasteiger partial charge in [-0.3, -0.25) is 19.3 Å². The summed E-state index contributed by atoms with van der Waals surface area (Å²) in [5.41, 5.74) is 3.89. The van der Waals surface area contributed by atoms with E-state index in [4.69, 9.17) is 22.1 Å². The number of esters is 1. The van der Waals surface area contributed by atoms with E-state index in [1.165, 1.54) is 0 Å². The molecule has 3 aliphatic carbocycles. The van der Waals surface area contributed by atoms with E-state index in [2.05, 4.69) is 26.4 Å². The monoisotopic (exact) mass is 754 g/mol. The molecule has 4 N–H and O–H groups in total. The van der Waals surface area contributed by atoms with Crippen LogP contribution in [0.15, 0.2) is 19.0 Å². The van der Waals surface area contributed by atoms with Crippen molar-refractivity contribution in [3.8, 4) is 0 Å². The molecule has 3 saturated carbocycles. The minimum Gasteiger partial charge on any atom is -0.458 e. The number of ketones is 1. The molecule has 1 amide bonds. The van der Waals surface area contributed by atoms with Gasteiger partial charge < -0.3 is 35.1 Å². The lowest BCUT2D eigenvalue weighted by Gasteiger charge is -2.64. The summed E-state index contributed by atoms with van der Waals surface area (Å²) in [7, 11) is 0. The number of hydrogen-bond donors (Lipinski definition) is 3. The molecule has 9 atom stereocenters. The van der Waals surface area contributed by atoms with E-state index < -0.39 is 45.9 Å². The molecule has 53 heavy (non-hydrogen) atoms. The summed E-state index contributed by atoms with van der Waals surface area (Å²) in [6.07, 6.45) is 5.07.